The van der Waals surface area contributed by atoms with Gasteiger partial charge in [-0.15, -0.1) is 0 Å². The number of carbonyl (C=O) groups is 2. The molecule has 25 heavy (non-hydrogen) atoms. The molecule has 1 aromatic carbocycles. The van der Waals surface area contributed by atoms with E-state index in [2.05, 4.69) is 15.6 Å². The Bertz CT molecular complexity index is 779. The second-order valence-corrected chi connectivity index (χ2v) is 5.10. The minimum Gasteiger partial charge on any atom is -0.481 e. The number of hydrogen-bond donors (Lipinski definition) is 3. The van der Waals surface area contributed by atoms with Crippen LogP contribution in [0.5, 0.6) is 0 Å². The van der Waals surface area contributed by atoms with E-state index in [9.17, 15) is 19.7 Å². The molecule has 0 saturated carbocycles. The lowest BCUT2D eigenvalue weighted by Crippen LogP contribution is -2.26. The molecular weight excluding hydrogens is 328 g/mol. The third-order valence-corrected chi connectivity index (χ3v) is 3.29. The SMILES string of the molecule is O=C(O)CCNC(=O)c1ccc(NCc2cccnc2)c([N+](=O)[O-])c1. The quantitative estimate of drug-likeness (QED) is 0.491. The summed E-state index contributed by atoms with van der Waals surface area (Å²) in [6, 6.07) is 7.63. The number of carboxylic acid groups (broad SMARTS) is 1. The largest absolute Gasteiger partial charge is 0.481 e. The van der Waals surface area contributed by atoms with E-state index < -0.39 is 16.8 Å². The van der Waals surface area contributed by atoms with Crippen LogP contribution in [0.15, 0.2) is 42.7 Å². The van der Waals surface area contributed by atoms with Crippen LogP contribution in [-0.2, 0) is 11.3 Å². The van der Waals surface area contributed by atoms with Gasteiger partial charge in [-0.1, -0.05) is 6.07 Å². The first-order chi connectivity index (χ1) is 12.0. The molecule has 130 valence electrons. The van der Waals surface area contributed by atoms with Crippen molar-refractivity contribution in [3.8, 4) is 0 Å². The number of nitrogens with zero attached hydrogens (tertiary/aromatic N) is 2. The Labute approximate surface area is 142 Å². The van der Waals surface area contributed by atoms with E-state index in [0.29, 0.717) is 6.54 Å². The molecule has 0 fully saturated rings. The Morgan fingerprint density at radius 1 is 1.28 bits per heavy atom. The number of carbonyl (C=O) groups excluding carboxylic acids is 1. The number of amides is 1. The number of nitro groups is 1. The molecule has 0 unspecified atom stereocenters. The number of nitro benzene ring substituents is 1. The molecule has 9 heteroatoms. The molecule has 0 radical (unpaired) electrons. The van der Waals surface area contributed by atoms with Crippen molar-refractivity contribution in [2.24, 2.45) is 0 Å². The molecule has 0 aliphatic rings. The first-order valence-corrected chi connectivity index (χ1v) is 7.38. The minimum atomic E-state index is -1.04. The molecule has 2 rings (SSSR count). The Hall–Kier alpha value is -3.49. The fourth-order valence-electron chi connectivity index (χ4n) is 2.06. The zero-order valence-electron chi connectivity index (χ0n) is 13.1. The smallest absolute Gasteiger partial charge is 0.305 e. The van der Waals surface area contributed by atoms with Crippen molar-refractivity contribution in [1.29, 1.82) is 0 Å². The molecule has 1 amide bonds. The van der Waals surface area contributed by atoms with Crippen molar-refractivity contribution in [1.82, 2.24) is 10.3 Å². The molecule has 0 atom stereocenters. The first-order valence-electron chi connectivity index (χ1n) is 7.38. The van der Waals surface area contributed by atoms with Crippen LogP contribution < -0.4 is 10.6 Å². The van der Waals surface area contributed by atoms with Gasteiger partial charge in [0.2, 0.25) is 0 Å². The van der Waals surface area contributed by atoms with Gasteiger partial charge in [0.05, 0.1) is 11.3 Å². The van der Waals surface area contributed by atoms with Crippen LogP contribution in [0.4, 0.5) is 11.4 Å². The standard InChI is InChI=1S/C16H16N4O5/c21-15(22)5-7-18-16(23)12-3-4-13(14(8-12)20(24)25)19-10-11-2-1-6-17-9-11/h1-4,6,8-9,19H,5,7,10H2,(H,18,23)(H,21,22). The van der Waals surface area contributed by atoms with E-state index in [-0.39, 0.29) is 29.9 Å². The maximum Gasteiger partial charge on any atom is 0.305 e. The van der Waals surface area contributed by atoms with Gasteiger partial charge in [-0.25, -0.2) is 0 Å². The molecule has 1 heterocycles. The molecule has 0 saturated heterocycles. The molecule has 3 N–H and O–H groups in total. The van der Waals surface area contributed by atoms with Crippen molar-refractivity contribution in [3.63, 3.8) is 0 Å². The van der Waals surface area contributed by atoms with E-state index in [1.54, 1.807) is 18.5 Å². The highest BCUT2D eigenvalue weighted by atomic mass is 16.6. The fourth-order valence-corrected chi connectivity index (χ4v) is 2.06. The number of pyridine rings is 1. The monoisotopic (exact) mass is 344 g/mol. The Balaban J connectivity index is 2.10. The summed E-state index contributed by atoms with van der Waals surface area (Å²) in [6.45, 7) is 0.293. The average Bonchev–Trinajstić information content (AvgIpc) is 2.60. The van der Waals surface area contributed by atoms with Gasteiger partial charge in [0.1, 0.15) is 5.69 Å². The van der Waals surface area contributed by atoms with Gasteiger partial charge in [-0.05, 0) is 23.8 Å². The molecule has 2 aromatic rings. The molecule has 0 bridgehead atoms. The van der Waals surface area contributed by atoms with Crippen molar-refractivity contribution >= 4 is 23.3 Å². The predicted octanol–water partition coefficient (Wildman–Crippen LogP) is 1.81. The maximum absolute atomic E-state index is 11.9. The topological polar surface area (TPSA) is 134 Å². The van der Waals surface area contributed by atoms with Crippen LogP contribution in [-0.4, -0.2) is 33.4 Å². The number of hydrogen-bond acceptors (Lipinski definition) is 6. The number of nitrogens with one attached hydrogen (secondary N) is 2. The van der Waals surface area contributed by atoms with Gasteiger partial charge in [0.15, 0.2) is 0 Å². The van der Waals surface area contributed by atoms with Crippen LogP contribution in [0, 0.1) is 10.1 Å². The minimum absolute atomic E-state index is 0.0526. The van der Waals surface area contributed by atoms with Gasteiger partial charge in [0, 0.05) is 37.1 Å². The van der Waals surface area contributed by atoms with E-state index in [4.69, 9.17) is 5.11 Å². The van der Waals surface area contributed by atoms with E-state index in [1.165, 1.54) is 12.1 Å². The number of aromatic nitrogens is 1. The average molecular weight is 344 g/mol. The third-order valence-electron chi connectivity index (χ3n) is 3.29. The van der Waals surface area contributed by atoms with Crippen molar-refractivity contribution in [2.45, 2.75) is 13.0 Å². The lowest BCUT2D eigenvalue weighted by atomic mass is 10.1. The second-order valence-electron chi connectivity index (χ2n) is 5.10. The molecule has 9 nitrogen and oxygen atoms in total. The summed E-state index contributed by atoms with van der Waals surface area (Å²) in [5.41, 5.74) is 0.974. The van der Waals surface area contributed by atoms with Gasteiger partial charge < -0.3 is 15.7 Å². The maximum atomic E-state index is 11.9. The highest BCUT2D eigenvalue weighted by molar-refractivity contribution is 5.95. The molecule has 0 aliphatic carbocycles. The summed E-state index contributed by atoms with van der Waals surface area (Å²) < 4.78 is 0. The normalized spacial score (nSPS) is 10.1. The van der Waals surface area contributed by atoms with Crippen LogP contribution in [0.1, 0.15) is 22.3 Å². The lowest BCUT2D eigenvalue weighted by molar-refractivity contribution is -0.384. The van der Waals surface area contributed by atoms with E-state index >= 15 is 0 Å². The van der Waals surface area contributed by atoms with Gasteiger partial charge in [0.25, 0.3) is 11.6 Å². The van der Waals surface area contributed by atoms with Crippen molar-refractivity contribution < 1.29 is 19.6 Å². The highest BCUT2D eigenvalue weighted by Gasteiger charge is 2.17. The summed E-state index contributed by atoms with van der Waals surface area (Å²) in [7, 11) is 0. The van der Waals surface area contributed by atoms with Crippen LogP contribution in [0.2, 0.25) is 0 Å². The zero-order chi connectivity index (χ0) is 18.2. The number of aliphatic carboxylic acids is 1. The predicted molar refractivity (Wildman–Crippen MR) is 89.2 cm³/mol. The summed E-state index contributed by atoms with van der Waals surface area (Å²) in [5, 5.41) is 25.2. The van der Waals surface area contributed by atoms with Gasteiger partial charge >= 0.3 is 5.97 Å². The van der Waals surface area contributed by atoms with Crippen LogP contribution in [0.3, 0.4) is 0 Å². The molecule has 1 aromatic heterocycles. The number of carboxylic acids is 1. The number of rotatable bonds is 8. The second kappa shape index (κ2) is 8.39. The molecule has 0 spiro atoms. The first kappa shape index (κ1) is 17.9. The zero-order valence-corrected chi connectivity index (χ0v) is 13.1. The summed E-state index contributed by atoms with van der Waals surface area (Å²) in [5.74, 6) is -1.61. The van der Waals surface area contributed by atoms with Gasteiger partial charge in [-0.2, -0.15) is 0 Å². The fraction of sp³-hybridized carbons (Fsp3) is 0.188. The molecule has 0 aliphatic heterocycles. The van der Waals surface area contributed by atoms with Crippen LogP contribution in [0.25, 0.3) is 0 Å². The lowest BCUT2D eigenvalue weighted by Gasteiger charge is -2.09. The third kappa shape index (κ3) is 5.27. The Morgan fingerprint density at radius 2 is 2.08 bits per heavy atom. The number of anilines is 1. The van der Waals surface area contributed by atoms with E-state index in [0.717, 1.165) is 11.6 Å². The summed E-state index contributed by atoms with van der Waals surface area (Å²) >= 11 is 0. The van der Waals surface area contributed by atoms with Crippen molar-refractivity contribution in [2.75, 3.05) is 11.9 Å². The summed E-state index contributed by atoms with van der Waals surface area (Å²) in [6.07, 6.45) is 3.05. The highest BCUT2D eigenvalue weighted by Crippen LogP contribution is 2.26. The van der Waals surface area contributed by atoms with Gasteiger partial charge in [-0.3, -0.25) is 24.7 Å². The Kier molecular flexibility index (Phi) is 5.99. The molecular formula is C16H16N4O5. The number of benzene rings is 1. The Morgan fingerprint density at radius 3 is 2.72 bits per heavy atom. The summed E-state index contributed by atoms with van der Waals surface area (Å²) in [4.78, 5) is 37.0. The van der Waals surface area contributed by atoms with Crippen LogP contribution >= 0.6 is 0 Å². The van der Waals surface area contributed by atoms with E-state index in [1.807, 2.05) is 6.07 Å². The van der Waals surface area contributed by atoms with Crippen molar-refractivity contribution in [3.05, 3.63) is 64.0 Å².